The van der Waals surface area contributed by atoms with Crippen molar-refractivity contribution in [3.8, 4) is 11.3 Å². The molecule has 0 aliphatic carbocycles. The van der Waals surface area contributed by atoms with Gasteiger partial charge >= 0.3 is 0 Å². The zero-order chi connectivity index (χ0) is 12.4. The number of halogens is 1. The molecule has 1 aromatic heterocycles. The normalized spacial score (nSPS) is 10.8. The number of rotatable bonds is 3. The van der Waals surface area contributed by atoms with E-state index in [1.807, 2.05) is 0 Å². The fourth-order valence-electron chi connectivity index (χ4n) is 1.92. The van der Waals surface area contributed by atoms with Gasteiger partial charge in [-0.25, -0.2) is 0 Å². The molecule has 0 bridgehead atoms. The summed E-state index contributed by atoms with van der Waals surface area (Å²) in [6.45, 7) is 4.22. The summed E-state index contributed by atoms with van der Waals surface area (Å²) in [5, 5.41) is 7.14. The first kappa shape index (κ1) is 12.2. The lowest BCUT2D eigenvalue weighted by molar-refractivity contribution is 0.927. The zero-order valence-corrected chi connectivity index (χ0v) is 11.6. The minimum Gasteiger partial charge on any atom is -0.382 e. The van der Waals surface area contributed by atoms with Crippen LogP contribution in [0.2, 0.25) is 0 Å². The van der Waals surface area contributed by atoms with E-state index in [2.05, 4.69) is 58.2 Å². The van der Waals surface area contributed by atoms with Crippen LogP contribution in [0.5, 0.6) is 0 Å². The van der Waals surface area contributed by atoms with Crippen molar-refractivity contribution in [3.05, 3.63) is 33.8 Å². The van der Waals surface area contributed by atoms with Crippen LogP contribution in [0.25, 0.3) is 11.3 Å². The van der Waals surface area contributed by atoms with E-state index in [0.29, 0.717) is 5.82 Å². The number of aromatic nitrogens is 2. The van der Waals surface area contributed by atoms with Gasteiger partial charge in [0, 0.05) is 15.6 Å². The van der Waals surface area contributed by atoms with Crippen LogP contribution in [-0.2, 0) is 6.42 Å². The molecular weight excluding hydrogens is 278 g/mol. The van der Waals surface area contributed by atoms with Crippen molar-refractivity contribution in [1.82, 2.24) is 10.2 Å². The minimum absolute atomic E-state index is 0.613. The predicted molar refractivity (Wildman–Crippen MR) is 74.9 cm³/mol. The van der Waals surface area contributed by atoms with Crippen LogP contribution in [0.4, 0.5) is 5.82 Å². The summed E-state index contributed by atoms with van der Waals surface area (Å²) >= 11 is 3.51. The Bertz CT molecular complexity index is 531. The molecule has 2 rings (SSSR count). The summed E-state index contributed by atoms with van der Waals surface area (Å²) in [5.41, 5.74) is 10.4. The number of benzene rings is 1. The second-order valence-corrected chi connectivity index (χ2v) is 5.03. The van der Waals surface area contributed by atoms with Crippen molar-refractivity contribution in [3.63, 3.8) is 0 Å². The number of hydrogen-bond donors (Lipinski definition) is 2. The summed E-state index contributed by atoms with van der Waals surface area (Å²) in [7, 11) is 0. The smallest absolute Gasteiger partial charge is 0.149 e. The quantitative estimate of drug-likeness (QED) is 0.907. The number of nitrogens with one attached hydrogen (secondary N) is 1. The number of anilines is 1. The summed E-state index contributed by atoms with van der Waals surface area (Å²) in [4.78, 5) is 0. The van der Waals surface area contributed by atoms with E-state index in [-0.39, 0.29) is 0 Å². The van der Waals surface area contributed by atoms with Gasteiger partial charge in [-0.05, 0) is 31.0 Å². The van der Waals surface area contributed by atoms with E-state index in [4.69, 9.17) is 5.73 Å². The Kier molecular flexibility index (Phi) is 3.52. The third-order valence-corrected chi connectivity index (χ3v) is 3.74. The molecule has 3 nitrogen and oxygen atoms in total. The van der Waals surface area contributed by atoms with Crippen LogP contribution in [0.3, 0.4) is 0 Å². The van der Waals surface area contributed by atoms with Gasteiger partial charge in [0.25, 0.3) is 0 Å². The lowest BCUT2D eigenvalue weighted by atomic mass is 10.0. The van der Waals surface area contributed by atoms with Gasteiger partial charge in [-0.1, -0.05) is 35.3 Å². The molecule has 0 amide bonds. The monoisotopic (exact) mass is 293 g/mol. The molecule has 4 heteroatoms. The van der Waals surface area contributed by atoms with Gasteiger partial charge in [-0.2, -0.15) is 5.10 Å². The standard InChI is InChI=1S/C13H16BrN3/c1-3-4-10-12(16-17-13(10)15)9-5-6-11(14)8(2)7-9/h5-7H,3-4H2,1-2H3,(H3,15,16,17). The Balaban J connectivity index is 2.48. The fourth-order valence-corrected chi connectivity index (χ4v) is 2.17. The molecule has 0 aliphatic rings. The van der Waals surface area contributed by atoms with Crippen molar-refractivity contribution < 1.29 is 0 Å². The van der Waals surface area contributed by atoms with Crippen LogP contribution >= 0.6 is 15.9 Å². The van der Waals surface area contributed by atoms with Gasteiger partial charge in [0.2, 0.25) is 0 Å². The topological polar surface area (TPSA) is 54.7 Å². The first-order valence-corrected chi connectivity index (χ1v) is 6.52. The van der Waals surface area contributed by atoms with E-state index < -0.39 is 0 Å². The fraction of sp³-hybridized carbons (Fsp3) is 0.308. The average Bonchev–Trinajstić information content (AvgIpc) is 2.66. The molecule has 1 aromatic carbocycles. The van der Waals surface area contributed by atoms with Crippen molar-refractivity contribution in [2.24, 2.45) is 0 Å². The first-order chi connectivity index (χ1) is 8.13. The van der Waals surface area contributed by atoms with Gasteiger partial charge in [0.1, 0.15) is 5.82 Å². The highest BCUT2D eigenvalue weighted by Gasteiger charge is 2.12. The average molecular weight is 294 g/mol. The Morgan fingerprint density at radius 1 is 1.41 bits per heavy atom. The Hall–Kier alpha value is -1.29. The number of aromatic amines is 1. The molecule has 0 radical (unpaired) electrons. The molecule has 0 spiro atoms. The third-order valence-electron chi connectivity index (χ3n) is 2.85. The summed E-state index contributed by atoms with van der Waals surface area (Å²) in [5.74, 6) is 0.613. The molecule has 0 saturated heterocycles. The Morgan fingerprint density at radius 2 is 2.18 bits per heavy atom. The third kappa shape index (κ3) is 2.36. The van der Waals surface area contributed by atoms with Gasteiger partial charge in [0.15, 0.2) is 0 Å². The maximum absolute atomic E-state index is 5.88. The number of nitrogen functional groups attached to an aromatic ring is 1. The maximum Gasteiger partial charge on any atom is 0.149 e. The largest absolute Gasteiger partial charge is 0.382 e. The van der Waals surface area contributed by atoms with Crippen LogP contribution in [0, 0.1) is 6.92 Å². The van der Waals surface area contributed by atoms with Crippen molar-refractivity contribution in [1.29, 1.82) is 0 Å². The van der Waals surface area contributed by atoms with Gasteiger partial charge in [-0.15, -0.1) is 0 Å². The molecule has 17 heavy (non-hydrogen) atoms. The highest BCUT2D eigenvalue weighted by Crippen LogP contribution is 2.29. The van der Waals surface area contributed by atoms with E-state index in [1.165, 1.54) is 5.56 Å². The lowest BCUT2D eigenvalue weighted by Crippen LogP contribution is -1.93. The van der Waals surface area contributed by atoms with E-state index in [1.54, 1.807) is 0 Å². The summed E-state index contributed by atoms with van der Waals surface area (Å²) < 4.78 is 1.12. The lowest BCUT2D eigenvalue weighted by Gasteiger charge is -2.05. The molecule has 0 saturated carbocycles. The van der Waals surface area contributed by atoms with Crippen LogP contribution in [0.1, 0.15) is 24.5 Å². The second-order valence-electron chi connectivity index (χ2n) is 4.18. The molecule has 3 N–H and O–H groups in total. The number of aryl methyl sites for hydroxylation is 1. The molecule has 1 heterocycles. The minimum atomic E-state index is 0.613. The SMILES string of the molecule is CCCc1c(N)n[nH]c1-c1ccc(Br)c(C)c1. The summed E-state index contributed by atoms with van der Waals surface area (Å²) in [6, 6.07) is 6.26. The van der Waals surface area contributed by atoms with Gasteiger partial charge < -0.3 is 5.73 Å². The highest BCUT2D eigenvalue weighted by molar-refractivity contribution is 9.10. The van der Waals surface area contributed by atoms with E-state index >= 15 is 0 Å². The van der Waals surface area contributed by atoms with Gasteiger partial charge in [0.05, 0.1) is 5.69 Å². The number of nitrogens with zero attached hydrogens (tertiary/aromatic N) is 1. The molecule has 0 unspecified atom stereocenters. The number of hydrogen-bond acceptors (Lipinski definition) is 2. The van der Waals surface area contributed by atoms with E-state index in [9.17, 15) is 0 Å². The number of nitrogens with two attached hydrogens (primary N) is 1. The molecule has 0 aliphatic heterocycles. The van der Waals surface area contributed by atoms with E-state index in [0.717, 1.165) is 34.1 Å². The first-order valence-electron chi connectivity index (χ1n) is 5.72. The Labute approximate surface area is 110 Å². The van der Waals surface area contributed by atoms with Crippen LogP contribution < -0.4 is 5.73 Å². The summed E-state index contributed by atoms with van der Waals surface area (Å²) in [6.07, 6.45) is 2.01. The second kappa shape index (κ2) is 4.92. The molecule has 90 valence electrons. The van der Waals surface area contributed by atoms with Gasteiger partial charge in [-0.3, -0.25) is 5.10 Å². The number of H-pyrrole nitrogens is 1. The molecule has 0 fully saturated rings. The Morgan fingerprint density at radius 3 is 2.82 bits per heavy atom. The van der Waals surface area contributed by atoms with Crippen LogP contribution in [0.15, 0.2) is 22.7 Å². The maximum atomic E-state index is 5.88. The molecular formula is C13H16BrN3. The predicted octanol–water partition coefficient (Wildman–Crippen LogP) is 3.68. The van der Waals surface area contributed by atoms with Crippen molar-refractivity contribution in [2.45, 2.75) is 26.7 Å². The zero-order valence-electron chi connectivity index (χ0n) is 10.0. The van der Waals surface area contributed by atoms with Crippen LogP contribution in [-0.4, -0.2) is 10.2 Å². The van der Waals surface area contributed by atoms with Crippen molar-refractivity contribution in [2.75, 3.05) is 5.73 Å². The highest BCUT2D eigenvalue weighted by atomic mass is 79.9. The molecule has 0 atom stereocenters. The molecule has 2 aromatic rings. The van der Waals surface area contributed by atoms with Crippen molar-refractivity contribution >= 4 is 21.7 Å².